The zero-order chi connectivity index (χ0) is 30.1. The van der Waals surface area contributed by atoms with Gasteiger partial charge in [-0.3, -0.25) is 14.4 Å². The fraction of sp³-hybridized carbons (Fsp3) is 0.875. The Kier molecular flexibility index (Phi) is 18.4. The predicted octanol–water partition coefficient (Wildman–Crippen LogP) is 1.64. The zero-order valence-electron chi connectivity index (χ0n) is 24.4. The van der Waals surface area contributed by atoms with E-state index in [-0.39, 0.29) is 35.4 Å². The molecule has 0 fully saturated rings. The summed E-state index contributed by atoms with van der Waals surface area (Å²) in [7, 11) is -7.21. The lowest BCUT2D eigenvalue weighted by Crippen LogP contribution is -2.50. The number of carbonyl (C=O) groups excluding carboxylic acids is 3. The molecule has 0 rings (SSSR count). The monoisotopic (exact) mass is 614 g/mol. The zero-order valence-corrected chi connectivity index (χ0v) is 27.1. The van der Waals surface area contributed by atoms with Crippen molar-refractivity contribution in [2.45, 2.75) is 84.6 Å². The molecule has 3 N–H and O–H groups in total. The Labute approximate surface area is 239 Å². The van der Waals surface area contributed by atoms with Crippen molar-refractivity contribution in [1.29, 1.82) is 0 Å². The average molecular weight is 615 g/mol. The molecule has 230 valence electrons. The second-order valence-electron chi connectivity index (χ2n) is 9.78. The van der Waals surface area contributed by atoms with Crippen LogP contribution in [0, 0.1) is 5.92 Å². The van der Waals surface area contributed by atoms with E-state index in [0.29, 0.717) is 57.4 Å². The summed E-state index contributed by atoms with van der Waals surface area (Å²) in [6.45, 7) is 13.9. The van der Waals surface area contributed by atoms with Crippen molar-refractivity contribution in [3.05, 3.63) is 0 Å². The van der Waals surface area contributed by atoms with Gasteiger partial charge >= 0.3 is 8.80 Å². The van der Waals surface area contributed by atoms with E-state index in [4.69, 9.17) is 13.3 Å². The molecule has 0 heterocycles. The predicted molar refractivity (Wildman–Crippen MR) is 153 cm³/mol. The highest BCUT2D eigenvalue weighted by Gasteiger charge is 2.39. The van der Waals surface area contributed by atoms with E-state index in [0.717, 1.165) is 0 Å². The maximum Gasteiger partial charge on any atom is 0.500 e. The maximum absolute atomic E-state index is 12.3. The van der Waals surface area contributed by atoms with Crippen LogP contribution in [0.3, 0.4) is 0 Å². The third-order valence-electron chi connectivity index (χ3n) is 5.46. The molecule has 0 spiro atoms. The Hall–Kier alpha value is -1.23. The molecule has 2 unspecified atom stereocenters. The van der Waals surface area contributed by atoms with Gasteiger partial charge in [0.1, 0.15) is 0 Å². The van der Waals surface area contributed by atoms with Crippen molar-refractivity contribution >= 4 is 48.4 Å². The minimum atomic E-state index is -4.46. The van der Waals surface area contributed by atoms with Crippen molar-refractivity contribution < 1.29 is 40.6 Å². The summed E-state index contributed by atoms with van der Waals surface area (Å²) >= 11 is 1.42. The van der Waals surface area contributed by atoms with Gasteiger partial charge in [-0.15, -0.1) is 11.8 Å². The smallest absolute Gasteiger partial charge is 0.500 e. The highest BCUT2D eigenvalue weighted by atomic mass is 32.2. The van der Waals surface area contributed by atoms with Crippen LogP contribution in [0.15, 0.2) is 0 Å². The highest BCUT2D eigenvalue weighted by molar-refractivity contribution is 8.00. The molecular formula is C24H48N3O9S2Si-. The molecule has 0 saturated carbocycles. The van der Waals surface area contributed by atoms with Gasteiger partial charge in [-0.25, -0.2) is 8.42 Å². The fourth-order valence-corrected chi connectivity index (χ4v) is 8.19. The van der Waals surface area contributed by atoms with Gasteiger partial charge in [-0.2, -0.15) is 0 Å². The fourth-order valence-electron chi connectivity index (χ4n) is 3.70. The minimum absolute atomic E-state index is 0.124. The van der Waals surface area contributed by atoms with Gasteiger partial charge in [-0.05, 0) is 66.6 Å². The van der Waals surface area contributed by atoms with Crippen molar-refractivity contribution in [3.63, 3.8) is 0 Å². The molecular weight excluding hydrogens is 566 g/mol. The summed E-state index contributed by atoms with van der Waals surface area (Å²) in [5.41, 5.74) is -1.15. The first-order valence-electron chi connectivity index (χ1n) is 13.4. The Morgan fingerprint density at radius 3 is 2.03 bits per heavy atom. The largest absolute Gasteiger partial charge is 0.748 e. The number of nitrogens with one attached hydrogen (secondary N) is 3. The van der Waals surface area contributed by atoms with Crippen LogP contribution >= 0.6 is 11.8 Å². The third kappa shape index (κ3) is 17.9. The lowest BCUT2D eigenvalue weighted by atomic mass is 10.0. The van der Waals surface area contributed by atoms with E-state index in [1.165, 1.54) is 25.6 Å². The van der Waals surface area contributed by atoms with Crippen LogP contribution in [-0.2, 0) is 37.8 Å². The van der Waals surface area contributed by atoms with Gasteiger partial charge in [0.05, 0.1) is 27.7 Å². The van der Waals surface area contributed by atoms with Gasteiger partial charge in [0.15, 0.2) is 0 Å². The molecule has 0 aromatic carbocycles. The van der Waals surface area contributed by atoms with Crippen molar-refractivity contribution in [2.75, 3.05) is 44.4 Å². The first-order valence-corrected chi connectivity index (χ1v) is 18.0. The third-order valence-corrected chi connectivity index (χ3v) is 10.9. The maximum atomic E-state index is 12.3. The number of thioether (sulfide) groups is 1. The van der Waals surface area contributed by atoms with Crippen LogP contribution < -0.4 is 16.0 Å². The Balaban J connectivity index is 4.27. The number of hydrogen-bond acceptors (Lipinski definition) is 10. The minimum Gasteiger partial charge on any atom is -0.748 e. The average Bonchev–Trinajstić information content (AvgIpc) is 2.81. The topological polar surface area (TPSA) is 172 Å². The van der Waals surface area contributed by atoms with E-state index in [9.17, 15) is 27.4 Å². The summed E-state index contributed by atoms with van der Waals surface area (Å²) < 4.78 is 50.3. The van der Waals surface area contributed by atoms with E-state index >= 15 is 0 Å². The first-order chi connectivity index (χ1) is 18.1. The van der Waals surface area contributed by atoms with E-state index < -0.39 is 30.2 Å². The second kappa shape index (κ2) is 19.0. The van der Waals surface area contributed by atoms with Crippen molar-refractivity contribution in [3.8, 4) is 0 Å². The molecule has 0 radical (unpaired) electrons. The van der Waals surface area contributed by atoms with Crippen LogP contribution in [0.5, 0.6) is 0 Å². The standard InChI is InChI=1S/C24H49N3O9S2Si/c1-8-34-39(35-9-2,36-10-3)16-12-14-25-21(28)17-26-23(30)20(5)37-15-11-13-19(4)22(29)27-24(6,7)18-38(31,32)33/h19-20H,8-18H2,1-7H3,(H,25,28)(H,26,30)(H,27,29)(H,31,32,33)/p-1. The summed E-state index contributed by atoms with van der Waals surface area (Å²) in [6.07, 6.45) is 1.83. The number of hydrogen-bond donors (Lipinski definition) is 3. The number of carbonyl (C=O) groups is 3. The molecule has 0 bridgehead atoms. The molecule has 2 atom stereocenters. The van der Waals surface area contributed by atoms with E-state index in [2.05, 4.69) is 16.0 Å². The Morgan fingerprint density at radius 1 is 0.949 bits per heavy atom. The van der Waals surface area contributed by atoms with Crippen molar-refractivity contribution in [1.82, 2.24) is 16.0 Å². The van der Waals surface area contributed by atoms with E-state index in [1.807, 2.05) is 20.8 Å². The van der Waals surface area contributed by atoms with Gasteiger partial charge in [0.2, 0.25) is 17.7 Å². The first kappa shape index (κ1) is 37.8. The van der Waals surface area contributed by atoms with Crippen LogP contribution in [0.4, 0.5) is 0 Å². The van der Waals surface area contributed by atoms with E-state index in [1.54, 1.807) is 13.8 Å². The molecule has 0 aliphatic heterocycles. The van der Waals surface area contributed by atoms with Gasteiger partial charge < -0.3 is 33.8 Å². The molecule has 12 nitrogen and oxygen atoms in total. The Morgan fingerprint density at radius 2 is 1.51 bits per heavy atom. The summed E-state index contributed by atoms with van der Waals surface area (Å²) in [4.78, 5) is 36.8. The lowest BCUT2D eigenvalue weighted by Gasteiger charge is -2.29. The highest BCUT2D eigenvalue weighted by Crippen LogP contribution is 2.18. The van der Waals surface area contributed by atoms with Gasteiger partial charge in [-0.1, -0.05) is 6.92 Å². The Bertz CT molecular complexity index is 843. The van der Waals surface area contributed by atoms with Gasteiger partial charge in [0.25, 0.3) is 0 Å². The molecule has 39 heavy (non-hydrogen) atoms. The molecule has 0 aliphatic rings. The van der Waals surface area contributed by atoms with Crippen LogP contribution in [-0.4, -0.2) is 94.7 Å². The normalized spacial score (nSPS) is 13.9. The molecule has 0 aromatic rings. The molecule has 0 aliphatic carbocycles. The summed E-state index contributed by atoms with van der Waals surface area (Å²) in [6, 6.07) is 0.586. The molecule has 3 amide bonds. The summed E-state index contributed by atoms with van der Waals surface area (Å²) in [5.74, 6) is -1.30. The molecule has 0 aromatic heterocycles. The SMILES string of the molecule is CCO[Si](CCCNC(=O)CNC(=O)C(C)SCCCC(C)C(=O)NC(C)(C)CS(=O)(=O)[O-])(OCC)OCC. The van der Waals surface area contributed by atoms with Crippen LogP contribution in [0.2, 0.25) is 6.04 Å². The second-order valence-corrected chi connectivity index (χ2v) is 15.4. The summed E-state index contributed by atoms with van der Waals surface area (Å²) in [5, 5.41) is 7.65. The number of amides is 3. The lowest BCUT2D eigenvalue weighted by molar-refractivity contribution is -0.126. The number of rotatable bonds is 22. The molecule has 15 heteroatoms. The van der Waals surface area contributed by atoms with Crippen LogP contribution in [0.25, 0.3) is 0 Å². The van der Waals surface area contributed by atoms with Gasteiger partial charge in [0, 0.05) is 43.9 Å². The quantitative estimate of drug-likeness (QED) is 0.0924. The van der Waals surface area contributed by atoms with Crippen LogP contribution in [0.1, 0.15) is 67.7 Å². The van der Waals surface area contributed by atoms with Crippen molar-refractivity contribution in [2.24, 2.45) is 5.92 Å². The molecule has 0 saturated heterocycles.